The highest BCUT2D eigenvalue weighted by atomic mass is 15.2. The van der Waals surface area contributed by atoms with E-state index in [1.165, 1.54) is 38.7 Å². The average molecular weight is 824 g/mol. The van der Waals surface area contributed by atoms with Crippen molar-refractivity contribution >= 4 is 57.2 Å². The highest BCUT2D eigenvalue weighted by molar-refractivity contribution is 7.00. The molecule has 0 fully saturated rings. The SMILES string of the molecule is [2H]C([2H])([2H])c1cc2c3c(c1)N(c1cc(-c4ccccc4)ccc1C)c1ccc(-c4ccccc4)cc1B3c1cc3c(cc1N2c1ccc2c(c1)C(C)(C)CCC2(C)C)C(C)(C)CCC3(C)C. The summed E-state index contributed by atoms with van der Waals surface area (Å²) in [6, 6.07) is 51.3. The lowest BCUT2D eigenvalue weighted by Crippen LogP contribution is -2.62. The summed E-state index contributed by atoms with van der Waals surface area (Å²) in [5.74, 6) is 0. The van der Waals surface area contributed by atoms with Gasteiger partial charge >= 0.3 is 0 Å². The van der Waals surface area contributed by atoms with Gasteiger partial charge in [-0.3, -0.25) is 0 Å². The molecule has 7 aromatic carbocycles. The van der Waals surface area contributed by atoms with Crippen LogP contribution in [0.25, 0.3) is 22.3 Å². The molecule has 2 nitrogen and oxygen atoms in total. The summed E-state index contributed by atoms with van der Waals surface area (Å²) in [4.78, 5) is 4.86. The Bertz CT molecular complexity index is 3110. The van der Waals surface area contributed by atoms with Gasteiger partial charge in [-0.15, -0.1) is 0 Å². The van der Waals surface area contributed by atoms with Gasteiger partial charge in [0.2, 0.25) is 0 Å². The van der Waals surface area contributed by atoms with Crippen molar-refractivity contribution in [3.63, 3.8) is 0 Å². The number of nitrogens with zero attached hydrogens (tertiary/aromatic N) is 2. The second-order valence-electron chi connectivity index (χ2n) is 21.8. The minimum absolute atomic E-state index is 0.0191. The van der Waals surface area contributed by atoms with E-state index in [-0.39, 0.29) is 28.4 Å². The molecular weight excluding hydrogens is 759 g/mol. The first-order valence-corrected chi connectivity index (χ1v) is 23.2. The minimum Gasteiger partial charge on any atom is -0.311 e. The third kappa shape index (κ3) is 6.20. The Labute approximate surface area is 381 Å². The van der Waals surface area contributed by atoms with Gasteiger partial charge in [0.15, 0.2) is 0 Å². The van der Waals surface area contributed by atoms with E-state index in [4.69, 9.17) is 4.11 Å². The molecule has 0 amide bonds. The predicted octanol–water partition coefficient (Wildman–Crippen LogP) is 14.4. The van der Waals surface area contributed by atoms with E-state index in [9.17, 15) is 0 Å². The quantitative estimate of drug-likeness (QED) is 0.163. The van der Waals surface area contributed by atoms with Crippen LogP contribution in [0, 0.1) is 13.8 Å². The van der Waals surface area contributed by atoms with E-state index in [2.05, 4.69) is 200 Å². The molecule has 314 valence electrons. The third-order valence-electron chi connectivity index (χ3n) is 15.8. The van der Waals surface area contributed by atoms with E-state index in [0.29, 0.717) is 5.56 Å². The summed E-state index contributed by atoms with van der Waals surface area (Å²) in [7, 11) is 0. The van der Waals surface area contributed by atoms with Crippen LogP contribution >= 0.6 is 0 Å². The largest absolute Gasteiger partial charge is 0.311 e. The monoisotopic (exact) mass is 824 g/mol. The normalized spacial score (nSPS) is 19.1. The molecule has 0 radical (unpaired) electrons. The molecule has 2 heterocycles. The second-order valence-corrected chi connectivity index (χ2v) is 21.8. The zero-order chi connectivity index (χ0) is 46.3. The van der Waals surface area contributed by atoms with Crippen molar-refractivity contribution in [2.75, 3.05) is 9.80 Å². The Morgan fingerprint density at radius 1 is 0.429 bits per heavy atom. The molecule has 0 N–H and O–H groups in total. The summed E-state index contributed by atoms with van der Waals surface area (Å²) in [6.07, 6.45) is 4.45. The maximum absolute atomic E-state index is 9.11. The third-order valence-corrected chi connectivity index (χ3v) is 15.8. The van der Waals surface area contributed by atoms with Gasteiger partial charge in [0.05, 0.1) is 0 Å². The number of fused-ring (bicyclic) bond motifs is 6. The van der Waals surface area contributed by atoms with Crippen molar-refractivity contribution in [3.8, 4) is 22.3 Å². The van der Waals surface area contributed by atoms with Crippen LogP contribution in [0.5, 0.6) is 0 Å². The van der Waals surface area contributed by atoms with E-state index in [1.807, 2.05) is 12.1 Å². The molecule has 63 heavy (non-hydrogen) atoms. The summed E-state index contributed by atoms with van der Waals surface area (Å²) < 4.78 is 27.3. The van der Waals surface area contributed by atoms with Gasteiger partial charge in [-0.25, -0.2) is 0 Å². The maximum atomic E-state index is 9.11. The van der Waals surface area contributed by atoms with E-state index >= 15 is 0 Å². The number of aryl methyl sites for hydroxylation is 2. The van der Waals surface area contributed by atoms with E-state index < -0.39 is 6.85 Å². The molecule has 0 atom stereocenters. The molecule has 0 spiro atoms. The standard InChI is InChI=1S/C60H61BN2/c1-38-31-54-56-55(32-38)63(52-34-43(22-21-39(52)2)41-19-15-12-16-20-41)51-26-23-42(40-17-13-11-14-18-40)33-49(51)61(56)50-36-47-48(60(9,10)30-29-59(47,7)8)37-53(50)62(54)44-24-25-45-46(35-44)58(5,6)28-27-57(45,3)4/h11-26,31-37H,27-30H2,1-10H3/i1D3. The molecule has 0 saturated heterocycles. The van der Waals surface area contributed by atoms with Crippen LogP contribution in [0.15, 0.2) is 140 Å². The van der Waals surface area contributed by atoms with E-state index in [1.54, 1.807) is 0 Å². The van der Waals surface area contributed by atoms with Crippen molar-refractivity contribution in [3.05, 3.63) is 173 Å². The molecule has 4 aliphatic rings. The fourth-order valence-corrected chi connectivity index (χ4v) is 11.8. The van der Waals surface area contributed by atoms with E-state index in [0.717, 1.165) is 87.5 Å². The lowest BCUT2D eigenvalue weighted by atomic mass is 9.33. The number of anilines is 6. The van der Waals surface area contributed by atoms with Gasteiger partial charge in [-0.05, 0) is 176 Å². The highest BCUT2D eigenvalue weighted by Gasteiger charge is 2.47. The Kier molecular flexibility index (Phi) is 8.06. The van der Waals surface area contributed by atoms with Crippen LogP contribution in [0.2, 0.25) is 0 Å². The van der Waals surface area contributed by atoms with Gasteiger partial charge in [0.25, 0.3) is 6.71 Å². The van der Waals surface area contributed by atoms with Gasteiger partial charge in [0, 0.05) is 38.2 Å². The smallest absolute Gasteiger partial charge is 0.252 e. The van der Waals surface area contributed by atoms with Crippen molar-refractivity contribution in [2.45, 2.75) is 117 Å². The van der Waals surface area contributed by atoms with Gasteiger partial charge in [-0.1, -0.05) is 152 Å². The Hall–Kier alpha value is -5.80. The fourth-order valence-electron chi connectivity index (χ4n) is 11.8. The van der Waals surface area contributed by atoms with Crippen molar-refractivity contribution in [1.29, 1.82) is 0 Å². The molecule has 2 aliphatic heterocycles. The first-order valence-electron chi connectivity index (χ1n) is 24.7. The molecule has 11 rings (SSSR count). The molecule has 7 aromatic rings. The van der Waals surface area contributed by atoms with Crippen molar-refractivity contribution < 1.29 is 4.11 Å². The molecule has 2 aliphatic carbocycles. The summed E-state index contributed by atoms with van der Waals surface area (Å²) in [5, 5.41) is 0. The number of hydrogen-bond donors (Lipinski definition) is 0. The van der Waals surface area contributed by atoms with Gasteiger partial charge < -0.3 is 9.80 Å². The summed E-state index contributed by atoms with van der Waals surface area (Å²) >= 11 is 0. The Morgan fingerprint density at radius 2 is 0.952 bits per heavy atom. The van der Waals surface area contributed by atoms with Gasteiger partial charge in [-0.2, -0.15) is 0 Å². The molecule has 0 bridgehead atoms. The predicted molar refractivity (Wildman–Crippen MR) is 271 cm³/mol. The molecule has 0 saturated carbocycles. The second kappa shape index (κ2) is 13.9. The molecule has 0 unspecified atom stereocenters. The zero-order valence-electron chi connectivity index (χ0n) is 41.6. The van der Waals surface area contributed by atoms with Crippen LogP contribution in [0.1, 0.15) is 119 Å². The van der Waals surface area contributed by atoms with Crippen LogP contribution in [-0.2, 0) is 21.7 Å². The number of benzene rings is 7. The molecule has 0 aromatic heterocycles. The molecular formula is C60H61BN2. The first-order chi connectivity index (χ1) is 31.2. The van der Waals surface area contributed by atoms with Crippen LogP contribution in [0.4, 0.5) is 34.1 Å². The Morgan fingerprint density at radius 3 is 1.57 bits per heavy atom. The Balaban J connectivity index is 1.28. The number of hydrogen-bond acceptors (Lipinski definition) is 2. The summed E-state index contributed by atoms with van der Waals surface area (Å²) in [5.41, 5.74) is 21.4. The lowest BCUT2D eigenvalue weighted by molar-refractivity contribution is 0.332. The zero-order valence-corrected chi connectivity index (χ0v) is 38.6. The average Bonchev–Trinajstić information content (AvgIpc) is 3.29. The first kappa shape index (κ1) is 36.7. The fraction of sp³-hybridized carbons (Fsp3) is 0.300. The van der Waals surface area contributed by atoms with Crippen molar-refractivity contribution in [1.82, 2.24) is 0 Å². The van der Waals surface area contributed by atoms with Crippen LogP contribution < -0.4 is 26.2 Å². The number of rotatable bonds is 4. The van der Waals surface area contributed by atoms with Crippen molar-refractivity contribution in [2.24, 2.45) is 0 Å². The minimum atomic E-state index is -2.36. The molecule has 3 heteroatoms. The maximum Gasteiger partial charge on any atom is 0.252 e. The summed E-state index contributed by atoms with van der Waals surface area (Å²) in [6.45, 7) is 18.9. The highest BCUT2D eigenvalue weighted by Crippen LogP contribution is 2.53. The lowest BCUT2D eigenvalue weighted by Gasteiger charge is -2.48. The topological polar surface area (TPSA) is 6.48 Å². The van der Waals surface area contributed by atoms with Crippen LogP contribution in [-0.4, -0.2) is 6.71 Å². The van der Waals surface area contributed by atoms with Gasteiger partial charge in [0.1, 0.15) is 0 Å². The van der Waals surface area contributed by atoms with Crippen LogP contribution in [0.3, 0.4) is 0 Å².